The van der Waals surface area contributed by atoms with Crippen LogP contribution >= 0.6 is 11.6 Å². The predicted molar refractivity (Wildman–Crippen MR) is 132 cm³/mol. The number of aromatic nitrogens is 2. The molecule has 2 aromatic rings. The number of carbonyl (C=O) groups excluding carboxylic acids is 1. The Labute approximate surface area is 206 Å². The summed E-state index contributed by atoms with van der Waals surface area (Å²) in [5.74, 6) is 5.39. The zero-order valence-corrected chi connectivity index (χ0v) is 21.1. The maximum Gasteiger partial charge on any atom is 0.306 e. The number of carbonyl (C=O) groups is 2. The number of hydrogen-bond acceptors (Lipinski definition) is 4. The van der Waals surface area contributed by atoms with Crippen molar-refractivity contribution < 1.29 is 19.4 Å². The summed E-state index contributed by atoms with van der Waals surface area (Å²) in [6, 6.07) is 8.08. The number of aryl methyl sites for hydroxylation is 1. The van der Waals surface area contributed by atoms with Gasteiger partial charge in [-0.15, -0.1) is 0 Å². The molecule has 0 aliphatic heterocycles. The molecule has 3 rings (SSSR count). The highest BCUT2D eigenvalue weighted by Gasteiger charge is 2.28. The van der Waals surface area contributed by atoms with E-state index in [1.165, 1.54) is 0 Å². The number of halogens is 1. The van der Waals surface area contributed by atoms with Crippen molar-refractivity contribution in [1.82, 2.24) is 9.55 Å². The molecule has 1 N–H and O–H groups in total. The number of methoxy groups -OCH3 is 1. The second-order valence-corrected chi connectivity index (χ2v) is 9.97. The minimum atomic E-state index is -0.716. The van der Waals surface area contributed by atoms with Crippen LogP contribution in [0.2, 0.25) is 5.28 Å². The molecule has 1 aromatic heterocycles. The molecule has 1 aliphatic rings. The van der Waals surface area contributed by atoms with Gasteiger partial charge >= 0.3 is 5.97 Å². The van der Waals surface area contributed by atoms with Crippen molar-refractivity contribution >= 4 is 23.4 Å². The average Bonchev–Trinajstić information content (AvgIpc) is 3.13. The number of Topliss-reactive ketones (excluding diaryl/α,β-unsaturated/α-hetero) is 1. The predicted octanol–water partition coefficient (Wildman–Crippen LogP) is 5.52. The highest BCUT2D eigenvalue weighted by Crippen LogP contribution is 2.32. The minimum Gasteiger partial charge on any atom is -0.481 e. The fraction of sp³-hybridized carbons (Fsp3) is 0.519. The van der Waals surface area contributed by atoms with Crippen LogP contribution in [0.25, 0.3) is 0 Å². The summed E-state index contributed by atoms with van der Waals surface area (Å²) in [5, 5.41) is 9.45. The molecule has 0 unspecified atom stereocenters. The lowest BCUT2D eigenvalue weighted by Gasteiger charge is -2.25. The lowest BCUT2D eigenvalue weighted by atomic mass is 9.79. The fourth-order valence-electron chi connectivity index (χ4n) is 4.23. The van der Waals surface area contributed by atoms with E-state index in [4.69, 9.17) is 16.3 Å². The van der Waals surface area contributed by atoms with Crippen LogP contribution in [-0.2, 0) is 16.1 Å². The first kappa shape index (κ1) is 26.0. The van der Waals surface area contributed by atoms with Crippen molar-refractivity contribution in [3.05, 3.63) is 52.1 Å². The van der Waals surface area contributed by atoms with Gasteiger partial charge in [-0.05, 0) is 81.9 Å². The molecule has 182 valence electrons. The maximum absolute atomic E-state index is 13.4. The van der Waals surface area contributed by atoms with E-state index in [-0.39, 0.29) is 17.0 Å². The highest BCUT2D eigenvalue weighted by molar-refractivity contribution is 6.29. The third-order valence-corrected chi connectivity index (χ3v) is 6.90. The van der Waals surface area contributed by atoms with Crippen LogP contribution in [0.15, 0.2) is 24.3 Å². The average molecular weight is 485 g/mol. The number of ketones is 1. The van der Waals surface area contributed by atoms with Crippen molar-refractivity contribution in [3.63, 3.8) is 0 Å². The zero-order valence-electron chi connectivity index (χ0n) is 20.4. The van der Waals surface area contributed by atoms with Crippen molar-refractivity contribution in [2.75, 3.05) is 7.11 Å². The molecule has 0 bridgehead atoms. The highest BCUT2D eigenvalue weighted by atomic mass is 35.5. The number of carboxylic acids is 1. The van der Waals surface area contributed by atoms with Crippen LogP contribution in [0, 0.1) is 30.6 Å². The van der Waals surface area contributed by atoms with Crippen LogP contribution in [-0.4, -0.2) is 39.1 Å². The van der Waals surface area contributed by atoms with Gasteiger partial charge in [0.15, 0.2) is 5.78 Å². The summed E-state index contributed by atoms with van der Waals surface area (Å²) in [6.07, 6.45) is 4.09. The van der Waals surface area contributed by atoms with E-state index in [1.54, 1.807) is 11.7 Å². The van der Waals surface area contributed by atoms with E-state index in [0.717, 1.165) is 30.4 Å². The second-order valence-electron chi connectivity index (χ2n) is 9.63. The standard InChI is InChI=1S/C27H33ClN2O4/c1-18-5-7-20(8-6-18)17-30-24(22(29-26(30)28)15-16-27(2,3)34-4)23(31)14-11-19-9-12-21(13-10-19)25(32)33/h5-8,19,21H,9-14,17H2,1-4H3,(H,32,33). The third-order valence-electron chi connectivity index (χ3n) is 6.61. The van der Waals surface area contributed by atoms with Crippen molar-refractivity contribution in [2.45, 2.75) is 71.4 Å². The summed E-state index contributed by atoms with van der Waals surface area (Å²) < 4.78 is 7.12. The molecule has 6 nitrogen and oxygen atoms in total. The van der Waals surface area contributed by atoms with E-state index in [2.05, 4.69) is 16.8 Å². The number of rotatable bonds is 8. The SMILES string of the molecule is COC(C)(C)C#Cc1nc(Cl)n(Cc2ccc(C)cc2)c1C(=O)CCC1CCC(C(=O)O)CC1. The Morgan fingerprint density at radius 1 is 1.21 bits per heavy atom. The van der Waals surface area contributed by atoms with Gasteiger partial charge < -0.3 is 14.4 Å². The number of aliphatic carboxylic acids is 1. The van der Waals surface area contributed by atoms with Crippen LogP contribution < -0.4 is 0 Å². The largest absolute Gasteiger partial charge is 0.481 e. The summed E-state index contributed by atoms with van der Waals surface area (Å²) >= 11 is 6.50. The fourth-order valence-corrected chi connectivity index (χ4v) is 4.46. The molecule has 0 spiro atoms. The number of nitrogens with zero attached hydrogens (tertiary/aromatic N) is 2. The monoisotopic (exact) mass is 484 g/mol. The quantitative estimate of drug-likeness (QED) is 0.394. The topological polar surface area (TPSA) is 81.4 Å². The summed E-state index contributed by atoms with van der Waals surface area (Å²) in [6.45, 7) is 6.14. The van der Waals surface area contributed by atoms with E-state index in [1.807, 2.05) is 45.0 Å². The van der Waals surface area contributed by atoms with E-state index < -0.39 is 11.6 Å². The Bertz CT molecular complexity index is 1080. The van der Waals surface area contributed by atoms with Crippen molar-refractivity contribution in [3.8, 4) is 11.8 Å². The third kappa shape index (κ3) is 6.71. The normalized spacial score (nSPS) is 18.3. The molecule has 1 heterocycles. The van der Waals surface area contributed by atoms with Gasteiger partial charge in [-0.1, -0.05) is 35.7 Å². The maximum atomic E-state index is 13.4. The van der Waals surface area contributed by atoms with Gasteiger partial charge in [0, 0.05) is 13.5 Å². The van der Waals surface area contributed by atoms with Crippen LogP contribution in [0.5, 0.6) is 0 Å². The van der Waals surface area contributed by atoms with Gasteiger partial charge in [0.2, 0.25) is 5.28 Å². The van der Waals surface area contributed by atoms with Gasteiger partial charge in [0.1, 0.15) is 17.0 Å². The first-order valence-corrected chi connectivity index (χ1v) is 12.1. The Morgan fingerprint density at radius 3 is 2.44 bits per heavy atom. The van der Waals surface area contributed by atoms with Crippen LogP contribution in [0.4, 0.5) is 0 Å². The van der Waals surface area contributed by atoms with Crippen molar-refractivity contribution in [1.29, 1.82) is 0 Å². The lowest BCUT2D eigenvalue weighted by molar-refractivity contribution is -0.143. The molecule has 7 heteroatoms. The van der Waals surface area contributed by atoms with E-state index >= 15 is 0 Å². The first-order chi connectivity index (χ1) is 16.1. The molecule has 1 aromatic carbocycles. The summed E-state index contributed by atoms with van der Waals surface area (Å²) in [4.78, 5) is 29.1. The Morgan fingerprint density at radius 2 is 1.85 bits per heavy atom. The molecule has 1 saturated carbocycles. The number of hydrogen-bond donors (Lipinski definition) is 1. The Kier molecular flexibility index (Phi) is 8.57. The Hall–Kier alpha value is -2.62. The summed E-state index contributed by atoms with van der Waals surface area (Å²) in [5.41, 5.74) is 2.27. The van der Waals surface area contributed by atoms with Gasteiger partial charge in [0.05, 0.1) is 12.5 Å². The number of benzene rings is 1. The molecule has 1 fully saturated rings. The number of ether oxygens (including phenoxy) is 1. The molecule has 1 aliphatic carbocycles. The molecule has 0 radical (unpaired) electrons. The first-order valence-electron chi connectivity index (χ1n) is 11.8. The minimum absolute atomic E-state index is 0.0496. The number of imidazole rings is 1. The van der Waals surface area contributed by atoms with Crippen LogP contribution in [0.1, 0.15) is 79.7 Å². The van der Waals surface area contributed by atoms with E-state index in [0.29, 0.717) is 43.1 Å². The summed E-state index contributed by atoms with van der Waals surface area (Å²) in [7, 11) is 1.59. The van der Waals surface area contributed by atoms with E-state index in [9.17, 15) is 14.7 Å². The number of carboxylic acid groups (broad SMARTS) is 1. The Balaban J connectivity index is 1.83. The van der Waals surface area contributed by atoms with Crippen LogP contribution in [0.3, 0.4) is 0 Å². The molecule has 34 heavy (non-hydrogen) atoms. The second kappa shape index (κ2) is 11.2. The molecule has 0 atom stereocenters. The molecule has 0 saturated heterocycles. The van der Waals surface area contributed by atoms with Gasteiger partial charge in [-0.2, -0.15) is 0 Å². The van der Waals surface area contributed by atoms with Gasteiger partial charge in [-0.3, -0.25) is 9.59 Å². The molecular weight excluding hydrogens is 452 g/mol. The lowest BCUT2D eigenvalue weighted by Crippen LogP contribution is -2.22. The molecule has 0 amide bonds. The zero-order chi connectivity index (χ0) is 24.9. The van der Waals surface area contributed by atoms with Crippen molar-refractivity contribution in [2.24, 2.45) is 11.8 Å². The molecular formula is C27H33ClN2O4. The smallest absolute Gasteiger partial charge is 0.306 e. The van der Waals surface area contributed by atoms with Gasteiger partial charge in [-0.25, -0.2) is 4.98 Å². The van der Waals surface area contributed by atoms with Gasteiger partial charge in [0.25, 0.3) is 0 Å².